The van der Waals surface area contributed by atoms with Crippen LogP contribution in [0.1, 0.15) is 56.0 Å². The summed E-state index contributed by atoms with van der Waals surface area (Å²) in [6, 6.07) is 0. The van der Waals surface area contributed by atoms with Gasteiger partial charge in [-0.05, 0) is 32.6 Å². The number of carbonyl (C=O) groups is 2. The summed E-state index contributed by atoms with van der Waals surface area (Å²) in [5, 5.41) is 14.1. The fourth-order valence-electron chi connectivity index (χ4n) is 4.79. The van der Waals surface area contributed by atoms with Crippen molar-refractivity contribution in [3.8, 4) is 0 Å². The average Bonchev–Trinajstić information content (AvgIpc) is 3.31. The smallest absolute Gasteiger partial charge is 0.307 e. The maximum Gasteiger partial charge on any atom is 0.307 e. The molecule has 1 spiro atoms. The first kappa shape index (κ1) is 16.6. The number of fused-ring (bicyclic) bond motifs is 1. The molecule has 3 heterocycles. The molecule has 0 radical (unpaired) electrons. The van der Waals surface area contributed by atoms with Crippen LogP contribution in [0.4, 0.5) is 0 Å². The van der Waals surface area contributed by atoms with E-state index < -0.39 is 5.60 Å². The third kappa shape index (κ3) is 2.56. The molecule has 4 rings (SSSR count). The van der Waals surface area contributed by atoms with Gasteiger partial charge in [0.1, 0.15) is 5.60 Å². The van der Waals surface area contributed by atoms with E-state index in [0.717, 1.165) is 49.9 Å². The number of nitrogens with zero attached hydrogens (tertiary/aromatic N) is 3. The fourth-order valence-corrected chi connectivity index (χ4v) is 4.79. The van der Waals surface area contributed by atoms with Gasteiger partial charge in [-0.1, -0.05) is 0 Å². The molecule has 7 heteroatoms. The Hall–Kier alpha value is -1.89. The number of hydrogen-bond donors (Lipinski definition) is 1. The Bertz CT molecular complexity index is 705. The number of rotatable bonds is 3. The van der Waals surface area contributed by atoms with Gasteiger partial charge in [-0.3, -0.25) is 14.3 Å². The summed E-state index contributed by atoms with van der Waals surface area (Å²) >= 11 is 0. The molecule has 1 amide bonds. The lowest BCUT2D eigenvalue weighted by atomic mass is 9.84. The van der Waals surface area contributed by atoms with Crippen LogP contribution < -0.4 is 0 Å². The van der Waals surface area contributed by atoms with Crippen LogP contribution in [0.5, 0.6) is 0 Å². The molecule has 0 bridgehead atoms. The monoisotopic (exact) mass is 347 g/mol. The van der Waals surface area contributed by atoms with E-state index in [1.165, 1.54) is 0 Å². The Morgan fingerprint density at radius 3 is 2.84 bits per heavy atom. The molecule has 2 fully saturated rings. The lowest BCUT2D eigenvalue weighted by Gasteiger charge is -2.34. The fraction of sp³-hybridized carbons (Fsp3) is 0.722. The van der Waals surface area contributed by atoms with Gasteiger partial charge in [0.05, 0.1) is 24.6 Å². The normalized spacial score (nSPS) is 24.6. The van der Waals surface area contributed by atoms with E-state index in [1.54, 1.807) is 0 Å². The third-order valence-corrected chi connectivity index (χ3v) is 6.05. The lowest BCUT2D eigenvalue weighted by molar-refractivity contribution is -0.152. The van der Waals surface area contributed by atoms with Crippen molar-refractivity contribution >= 4 is 11.9 Å². The van der Waals surface area contributed by atoms with Crippen molar-refractivity contribution in [3.63, 3.8) is 0 Å². The van der Waals surface area contributed by atoms with E-state index in [2.05, 4.69) is 5.10 Å². The minimum atomic E-state index is -0.568. The SMILES string of the molecule is CCn1nc(CO)c2c1CCN(C(=O)C1CC(=O)OC13CCCC3)C2. The molecule has 1 atom stereocenters. The Kier molecular flexibility index (Phi) is 4.06. The Morgan fingerprint density at radius 2 is 2.16 bits per heavy atom. The first-order valence-corrected chi connectivity index (χ1v) is 9.27. The van der Waals surface area contributed by atoms with E-state index in [1.807, 2.05) is 16.5 Å². The van der Waals surface area contributed by atoms with Crippen molar-refractivity contribution in [1.29, 1.82) is 0 Å². The predicted molar refractivity (Wildman–Crippen MR) is 88.3 cm³/mol. The Balaban J connectivity index is 1.58. The number of amides is 1. The minimum Gasteiger partial charge on any atom is -0.458 e. The first-order valence-electron chi connectivity index (χ1n) is 9.27. The first-order chi connectivity index (χ1) is 12.1. The van der Waals surface area contributed by atoms with Gasteiger partial charge >= 0.3 is 5.97 Å². The summed E-state index contributed by atoms with van der Waals surface area (Å²) in [5.41, 5.74) is 2.17. The number of aliphatic hydroxyl groups excluding tert-OH is 1. The van der Waals surface area contributed by atoms with Crippen LogP contribution >= 0.6 is 0 Å². The molecule has 2 aliphatic heterocycles. The summed E-state index contributed by atoms with van der Waals surface area (Å²) in [6.07, 6.45) is 4.55. The molecule has 136 valence electrons. The molecule has 25 heavy (non-hydrogen) atoms. The van der Waals surface area contributed by atoms with Gasteiger partial charge in [0, 0.05) is 37.3 Å². The van der Waals surface area contributed by atoms with Gasteiger partial charge in [0.15, 0.2) is 0 Å². The molecule has 7 nitrogen and oxygen atoms in total. The van der Waals surface area contributed by atoms with Crippen LogP contribution in [0.3, 0.4) is 0 Å². The van der Waals surface area contributed by atoms with E-state index in [0.29, 0.717) is 18.8 Å². The molecule has 1 N–H and O–H groups in total. The molecule has 1 aromatic heterocycles. The van der Waals surface area contributed by atoms with Crippen molar-refractivity contribution < 1.29 is 19.4 Å². The number of ether oxygens (including phenoxy) is 1. The molecule has 1 aromatic rings. The van der Waals surface area contributed by atoms with Gasteiger partial charge in [-0.2, -0.15) is 5.10 Å². The molecular formula is C18H25N3O4. The summed E-state index contributed by atoms with van der Waals surface area (Å²) in [7, 11) is 0. The second kappa shape index (κ2) is 6.12. The molecule has 0 aromatic carbocycles. The summed E-state index contributed by atoms with van der Waals surface area (Å²) in [4.78, 5) is 26.9. The quantitative estimate of drug-likeness (QED) is 0.830. The highest BCUT2D eigenvalue weighted by Crippen LogP contribution is 2.46. The number of aromatic nitrogens is 2. The number of esters is 1. The van der Waals surface area contributed by atoms with Crippen LogP contribution in [-0.2, 0) is 40.4 Å². The lowest BCUT2D eigenvalue weighted by Crippen LogP contribution is -2.46. The van der Waals surface area contributed by atoms with E-state index >= 15 is 0 Å². The van der Waals surface area contributed by atoms with Crippen LogP contribution in [-0.4, -0.2) is 43.8 Å². The standard InChI is InChI=1S/C18H25N3O4/c1-2-21-15-5-8-20(10-12(15)14(11-22)19-21)17(24)13-9-16(23)25-18(13)6-3-4-7-18/h13,22H,2-11H2,1H3. The van der Waals surface area contributed by atoms with Crippen LogP contribution in [0.2, 0.25) is 0 Å². The Labute approximate surface area is 146 Å². The minimum absolute atomic E-state index is 0.0199. The largest absolute Gasteiger partial charge is 0.458 e. The van der Waals surface area contributed by atoms with E-state index in [9.17, 15) is 14.7 Å². The topological polar surface area (TPSA) is 84.7 Å². The van der Waals surface area contributed by atoms with Gasteiger partial charge in [-0.25, -0.2) is 0 Å². The second-order valence-electron chi connectivity index (χ2n) is 7.36. The maximum absolute atomic E-state index is 13.2. The predicted octanol–water partition coefficient (Wildman–Crippen LogP) is 1.16. The Morgan fingerprint density at radius 1 is 1.40 bits per heavy atom. The summed E-state index contributed by atoms with van der Waals surface area (Å²) in [5.74, 6) is -0.581. The van der Waals surface area contributed by atoms with Gasteiger partial charge in [0.2, 0.25) is 5.91 Å². The summed E-state index contributed by atoms with van der Waals surface area (Å²) < 4.78 is 7.55. The zero-order chi connectivity index (χ0) is 17.6. The highest BCUT2D eigenvalue weighted by Gasteiger charge is 2.55. The van der Waals surface area contributed by atoms with Crippen molar-refractivity contribution in [1.82, 2.24) is 14.7 Å². The number of hydrogen-bond acceptors (Lipinski definition) is 5. The highest BCUT2D eigenvalue weighted by molar-refractivity contribution is 5.88. The van der Waals surface area contributed by atoms with Crippen molar-refractivity contribution in [2.75, 3.05) is 6.54 Å². The van der Waals surface area contributed by atoms with Gasteiger partial charge < -0.3 is 14.7 Å². The zero-order valence-electron chi connectivity index (χ0n) is 14.7. The van der Waals surface area contributed by atoms with Crippen molar-refractivity contribution in [2.24, 2.45) is 5.92 Å². The third-order valence-electron chi connectivity index (χ3n) is 6.05. The molecule has 1 saturated carbocycles. The van der Waals surface area contributed by atoms with Gasteiger partial charge in [-0.15, -0.1) is 0 Å². The molecule has 1 saturated heterocycles. The van der Waals surface area contributed by atoms with Crippen LogP contribution in [0.25, 0.3) is 0 Å². The van der Waals surface area contributed by atoms with Crippen LogP contribution in [0.15, 0.2) is 0 Å². The maximum atomic E-state index is 13.2. The van der Waals surface area contributed by atoms with Crippen LogP contribution in [0, 0.1) is 5.92 Å². The van der Waals surface area contributed by atoms with Crippen molar-refractivity contribution in [3.05, 3.63) is 17.0 Å². The van der Waals surface area contributed by atoms with E-state index in [4.69, 9.17) is 4.74 Å². The average molecular weight is 347 g/mol. The van der Waals surface area contributed by atoms with Gasteiger partial charge in [0.25, 0.3) is 0 Å². The molecule has 1 unspecified atom stereocenters. The molecule has 1 aliphatic carbocycles. The van der Waals surface area contributed by atoms with Crippen molar-refractivity contribution in [2.45, 2.75) is 70.7 Å². The van der Waals surface area contributed by atoms with E-state index in [-0.39, 0.29) is 30.8 Å². The highest BCUT2D eigenvalue weighted by atomic mass is 16.6. The zero-order valence-corrected chi connectivity index (χ0v) is 14.7. The number of aryl methyl sites for hydroxylation is 1. The molecule has 3 aliphatic rings. The summed E-state index contributed by atoms with van der Waals surface area (Å²) in [6.45, 7) is 3.75. The second-order valence-corrected chi connectivity index (χ2v) is 7.36. The number of aliphatic hydroxyl groups is 1. The molecular weight excluding hydrogens is 322 g/mol. The number of carbonyl (C=O) groups excluding carboxylic acids is 2.